The van der Waals surface area contributed by atoms with Crippen molar-refractivity contribution in [3.63, 3.8) is 0 Å². The molecule has 2 rings (SSSR count). The summed E-state index contributed by atoms with van der Waals surface area (Å²) in [5.74, 6) is 0.893. The third-order valence-corrected chi connectivity index (χ3v) is 3.53. The van der Waals surface area contributed by atoms with Crippen LogP contribution in [0.3, 0.4) is 0 Å². The van der Waals surface area contributed by atoms with E-state index in [1.807, 2.05) is 36.9 Å². The SMILES string of the molecule is CCOc1cccc(NC(C)c2c(C)nn(C)c2C)c1. The molecule has 0 bridgehead atoms. The molecule has 1 N–H and O–H groups in total. The van der Waals surface area contributed by atoms with Crippen LogP contribution in [-0.4, -0.2) is 16.4 Å². The Hall–Kier alpha value is -1.97. The van der Waals surface area contributed by atoms with E-state index in [1.165, 1.54) is 11.3 Å². The van der Waals surface area contributed by atoms with E-state index in [2.05, 4.69) is 37.3 Å². The third-order valence-electron chi connectivity index (χ3n) is 3.53. The number of nitrogens with zero attached hydrogens (tertiary/aromatic N) is 2. The van der Waals surface area contributed by atoms with Gasteiger partial charge >= 0.3 is 0 Å². The molecule has 1 atom stereocenters. The summed E-state index contributed by atoms with van der Waals surface area (Å²) in [6.07, 6.45) is 0. The Balaban J connectivity index is 2.19. The summed E-state index contributed by atoms with van der Waals surface area (Å²) in [5, 5.41) is 7.99. The molecular weight excluding hydrogens is 250 g/mol. The highest BCUT2D eigenvalue weighted by Gasteiger charge is 2.16. The van der Waals surface area contributed by atoms with Crippen LogP contribution < -0.4 is 10.1 Å². The van der Waals surface area contributed by atoms with Crippen LogP contribution in [0.1, 0.15) is 36.8 Å². The standard InChI is InChI=1S/C16H23N3O/c1-6-20-15-9-7-8-14(10-15)17-11(2)16-12(3)18-19(5)13(16)4/h7-11,17H,6H2,1-5H3. The monoisotopic (exact) mass is 273 g/mol. The Labute approximate surface area is 120 Å². The molecule has 0 aliphatic rings. The Morgan fingerprint density at radius 2 is 2.10 bits per heavy atom. The van der Waals surface area contributed by atoms with Gasteiger partial charge in [-0.25, -0.2) is 0 Å². The van der Waals surface area contributed by atoms with Crippen molar-refractivity contribution in [3.8, 4) is 5.75 Å². The summed E-state index contributed by atoms with van der Waals surface area (Å²) in [6.45, 7) is 8.98. The van der Waals surface area contributed by atoms with E-state index in [4.69, 9.17) is 4.74 Å². The van der Waals surface area contributed by atoms with Crippen LogP contribution in [0.5, 0.6) is 5.75 Å². The van der Waals surface area contributed by atoms with Gasteiger partial charge in [-0.05, 0) is 39.8 Å². The first-order chi connectivity index (χ1) is 9.52. The molecule has 0 spiro atoms. The summed E-state index contributed by atoms with van der Waals surface area (Å²) >= 11 is 0. The summed E-state index contributed by atoms with van der Waals surface area (Å²) in [7, 11) is 1.98. The molecule has 0 aliphatic heterocycles. The van der Waals surface area contributed by atoms with Gasteiger partial charge in [0, 0.05) is 30.1 Å². The highest BCUT2D eigenvalue weighted by Crippen LogP contribution is 2.26. The Bertz CT molecular complexity index is 589. The van der Waals surface area contributed by atoms with Crippen LogP contribution >= 0.6 is 0 Å². The van der Waals surface area contributed by atoms with Gasteiger partial charge in [-0.2, -0.15) is 5.10 Å². The molecule has 1 aromatic carbocycles. The summed E-state index contributed by atoms with van der Waals surface area (Å²) in [6, 6.07) is 8.27. The van der Waals surface area contributed by atoms with Gasteiger partial charge in [0.15, 0.2) is 0 Å². The van der Waals surface area contributed by atoms with E-state index >= 15 is 0 Å². The van der Waals surface area contributed by atoms with Crippen molar-refractivity contribution in [3.05, 3.63) is 41.2 Å². The molecule has 4 heteroatoms. The maximum atomic E-state index is 5.53. The zero-order chi connectivity index (χ0) is 14.7. The second kappa shape index (κ2) is 5.99. The molecule has 1 heterocycles. The van der Waals surface area contributed by atoms with E-state index in [1.54, 1.807) is 0 Å². The average Bonchev–Trinajstić information content (AvgIpc) is 2.64. The van der Waals surface area contributed by atoms with Crippen molar-refractivity contribution in [1.82, 2.24) is 9.78 Å². The Kier molecular flexibility index (Phi) is 4.32. The highest BCUT2D eigenvalue weighted by atomic mass is 16.5. The smallest absolute Gasteiger partial charge is 0.121 e. The molecule has 0 aliphatic carbocycles. The minimum Gasteiger partial charge on any atom is -0.494 e. The van der Waals surface area contributed by atoms with E-state index in [9.17, 15) is 0 Å². The van der Waals surface area contributed by atoms with Gasteiger partial charge in [-0.3, -0.25) is 4.68 Å². The second-order valence-corrected chi connectivity index (χ2v) is 5.03. The number of ether oxygens (including phenoxy) is 1. The van der Waals surface area contributed by atoms with Gasteiger partial charge in [-0.15, -0.1) is 0 Å². The lowest BCUT2D eigenvalue weighted by Gasteiger charge is -2.17. The number of anilines is 1. The lowest BCUT2D eigenvalue weighted by molar-refractivity contribution is 0.340. The fourth-order valence-corrected chi connectivity index (χ4v) is 2.58. The van der Waals surface area contributed by atoms with Crippen LogP contribution in [0.2, 0.25) is 0 Å². The molecule has 108 valence electrons. The number of nitrogens with one attached hydrogen (secondary N) is 1. The van der Waals surface area contributed by atoms with Crippen LogP contribution in [0.15, 0.2) is 24.3 Å². The lowest BCUT2D eigenvalue weighted by atomic mass is 10.1. The van der Waals surface area contributed by atoms with Crippen molar-refractivity contribution in [2.45, 2.75) is 33.7 Å². The number of aryl methyl sites for hydroxylation is 2. The van der Waals surface area contributed by atoms with Crippen LogP contribution in [0.25, 0.3) is 0 Å². The Morgan fingerprint density at radius 1 is 1.35 bits per heavy atom. The molecule has 4 nitrogen and oxygen atoms in total. The zero-order valence-corrected chi connectivity index (χ0v) is 12.9. The predicted octanol–water partition coefficient (Wildman–Crippen LogP) is 3.61. The van der Waals surface area contributed by atoms with Crippen LogP contribution in [-0.2, 0) is 7.05 Å². The van der Waals surface area contributed by atoms with Gasteiger partial charge in [-0.1, -0.05) is 6.07 Å². The van der Waals surface area contributed by atoms with Gasteiger partial charge < -0.3 is 10.1 Å². The molecular formula is C16H23N3O. The molecule has 0 fully saturated rings. The molecule has 1 unspecified atom stereocenters. The van der Waals surface area contributed by atoms with Crippen molar-refractivity contribution in [2.24, 2.45) is 7.05 Å². The molecule has 1 aromatic heterocycles. The van der Waals surface area contributed by atoms with Crippen molar-refractivity contribution in [1.29, 1.82) is 0 Å². The van der Waals surface area contributed by atoms with E-state index in [0.717, 1.165) is 17.1 Å². The number of hydrogen-bond donors (Lipinski definition) is 1. The van der Waals surface area contributed by atoms with Gasteiger partial charge in [0.25, 0.3) is 0 Å². The summed E-state index contributed by atoms with van der Waals surface area (Å²) in [4.78, 5) is 0. The van der Waals surface area contributed by atoms with E-state index < -0.39 is 0 Å². The fraction of sp³-hybridized carbons (Fsp3) is 0.438. The third kappa shape index (κ3) is 2.95. The molecule has 0 amide bonds. The Morgan fingerprint density at radius 3 is 2.70 bits per heavy atom. The van der Waals surface area contributed by atoms with Gasteiger partial charge in [0.2, 0.25) is 0 Å². The first-order valence-corrected chi connectivity index (χ1v) is 7.02. The van der Waals surface area contributed by atoms with Gasteiger partial charge in [0.05, 0.1) is 18.3 Å². The number of aromatic nitrogens is 2. The highest BCUT2D eigenvalue weighted by molar-refractivity contribution is 5.50. The predicted molar refractivity (Wildman–Crippen MR) is 82.3 cm³/mol. The zero-order valence-electron chi connectivity index (χ0n) is 12.9. The van der Waals surface area contributed by atoms with Crippen LogP contribution in [0, 0.1) is 13.8 Å². The number of benzene rings is 1. The first-order valence-electron chi connectivity index (χ1n) is 7.02. The lowest BCUT2D eigenvalue weighted by Crippen LogP contribution is -2.09. The largest absolute Gasteiger partial charge is 0.494 e. The normalized spacial score (nSPS) is 12.2. The van der Waals surface area contributed by atoms with Crippen LogP contribution in [0.4, 0.5) is 5.69 Å². The summed E-state index contributed by atoms with van der Waals surface area (Å²) in [5.41, 5.74) is 4.59. The van der Waals surface area contributed by atoms with Crippen molar-refractivity contribution >= 4 is 5.69 Å². The maximum Gasteiger partial charge on any atom is 0.121 e. The van der Waals surface area contributed by atoms with E-state index in [0.29, 0.717) is 6.61 Å². The first kappa shape index (κ1) is 14.4. The summed E-state index contributed by atoms with van der Waals surface area (Å²) < 4.78 is 7.46. The minimum atomic E-state index is 0.209. The molecule has 0 radical (unpaired) electrons. The average molecular weight is 273 g/mol. The maximum absolute atomic E-state index is 5.53. The number of hydrogen-bond acceptors (Lipinski definition) is 3. The van der Waals surface area contributed by atoms with E-state index in [-0.39, 0.29) is 6.04 Å². The second-order valence-electron chi connectivity index (χ2n) is 5.03. The molecule has 0 saturated carbocycles. The number of rotatable bonds is 5. The minimum absolute atomic E-state index is 0.209. The van der Waals surface area contributed by atoms with Gasteiger partial charge in [0.1, 0.15) is 5.75 Å². The molecule has 2 aromatic rings. The van der Waals surface area contributed by atoms with Crippen molar-refractivity contribution < 1.29 is 4.74 Å². The molecule has 0 saturated heterocycles. The quantitative estimate of drug-likeness (QED) is 0.904. The molecule has 20 heavy (non-hydrogen) atoms. The fourth-order valence-electron chi connectivity index (χ4n) is 2.58. The topological polar surface area (TPSA) is 39.1 Å². The van der Waals surface area contributed by atoms with Crippen molar-refractivity contribution in [2.75, 3.05) is 11.9 Å².